The molecule has 0 aromatic heterocycles. The summed E-state index contributed by atoms with van der Waals surface area (Å²) >= 11 is 0. The molecule has 1 aromatic rings. The Kier molecular flexibility index (Phi) is 5.73. The Balaban J connectivity index is 2.76. The molecule has 8 heteroatoms. The normalized spacial score (nSPS) is 16.3. The lowest BCUT2D eigenvalue weighted by Crippen LogP contribution is -2.71. The lowest BCUT2D eigenvalue weighted by Gasteiger charge is -2.55. The SMILES string of the molecule is CC1(C)OCc2cc(C(=O)C(N(C(=O)O)C(=O)O)(C(C)(C)C)C(C)(C)C)ccc2O1. The summed E-state index contributed by atoms with van der Waals surface area (Å²) in [5.74, 6) is -0.837. The van der Waals surface area contributed by atoms with Gasteiger partial charge in [-0.3, -0.25) is 4.79 Å². The molecule has 0 fully saturated rings. The van der Waals surface area contributed by atoms with E-state index < -0.39 is 40.1 Å². The van der Waals surface area contributed by atoms with E-state index in [0.29, 0.717) is 11.3 Å². The van der Waals surface area contributed by atoms with Crippen LogP contribution in [-0.4, -0.2) is 44.4 Å². The first-order valence-corrected chi connectivity index (χ1v) is 9.72. The standard InChI is InChI=1S/C22H31NO7/c1-19(2,3)22(20(4,5)6,23(17(25)26)18(27)28)16(24)13-9-10-15-14(11-13)12-29-21(7,8)30-15/h9-11H,12H2,1-8H3,(H,25,26)(H,27,28). The van der Waals surface area contributed by atoms with Gasteiger partial charge in [0.15, 0.2) is 5.78 Å². The summed E-state index contributed by atoms with van der Waals surface area (Å²) in [6, 6.07) is 4.76. The zero-order valence-corrected chi connectivity index (χ0v) is 18.8. The molecule has 0 aliphatic carbocycles. The molecule has 1 aromatic carbocycles. The van der Waals surface area contributed by atoms with Gasteiger partial charge < -0.3 is 19.7 Å². The third kappa shape index (κ3) is 3.76. The molecule has 30 heavy (non-hydrogen) atoms. The quantitative estimate of drug-likeness (QED) is 0.660. The number of ketones is 1. The van der Waals surface area contributed by atoms with Gasteiger partial charge in [0.25, 0.3) is 0 Å². The van der Waals surface area contributed by atoms with Gasteiger partial charge in [0.05, 0.1) is 6.61 Å². The molecule has 0 saturated carbocycles. The van der Waals surface area contributed by atoms with Crippen LogP contribution in [0.25, 0.3) is 0 Å². The number of rotatable bonds is 3. The molecular formula is C22H31NO7. The van der Waals surface area contributed by atoms with Crippen LogP contribution in [0.15, 0.2) is 18.2 Å². The van der Waals surface area contributed by atoms with Gasteiger partial charge in [0, 0.05) is 25.0 Å². The van der Waals surface area contributed by atoms with E-state index in [-0.39, 0.29) is 17.1 Å². The maximum absolute atomic E-state index is 14.0. The number of benzene rings is 1. The highest BCUT2D eigenvalue weighted by Crippen LogP contribution is 2.51. The number of nitrogens with zero attached hydrogens (tertiary/aromatic N) is 1. The number of hydrogen-bond donors (Lipinski definition) is 2. The van der Waals surface area contributed by atoms with E-state index >= 15 is 0 Å². The predicted molar refractivity (Wildman–Crippen MR) is 110 cm³/mol. The number of Topliss-reactive ketones (excluding diaryl/α,β-unsaturated/α-hetero) is 1. The molecule has 0 atom stereocenters. The van der Waals surface area contributed by atoms with Gasteiger partial charge in [-0.2, -0.15) is 4.90 Å². The molecule has 2 rings (SSSR count). The fourth-order valence-corrected chi connectivity index (χ4v) is 4.64. The number of hydrogen-bond acceptors (Lipinski definition) is 5. The van der Waals surface area contributed by atoms with Gasteiger partial charge >= 0.3 is 12.2 Å². The van der Waals surface area contributed by atoms with Crippen LogP contribution in [0.1, 0.15) is 71.3 Å². The van der Waals surface area contributed by atoms with Crippen LogP contribution < -0.4 is 4.74 Å². The van der Waals surface area contributed by atoms with Gasteiger partial charge in [-0.1, -0.05) is 41.5 Å². The first kappa shape index (κ1) is 23.7. The average molecular weight is 421 g/mol. The summed E-state index contributed by atoms with van der Waals surface area (Å²) in [5.41, 5.74) is -3.18. The highest BCUT2D eigenvalue weighted by Gasteiger charge is 2.64. The molecule has 0 radical (unpaired) electrons. The number of fused-ring (bicyclic) bond motifs is 1. The van der Waals surface area contributed by atoms with Crippen LogP contribution in [-0.2, 0) is 11.3 Å². The van der Waals surface area contributed by atoms with Gasteiger partial charge in [-0.05, 0) is 29.0 Å². The first-order chi connectivity index (χ1) is 13.5. The van der Waals surface area contributed by atoms with Crippen LogP contribution in [0.4, 0.5) is 9.59 Å². The average Bonchev–Trinajstić information content (AvgIpc) is 2.54. The summed E-state index contributed by atoms with van der Waals surface area (Å²) in [6.45, 7) is 13.8. The van der Waals surface area contributed by atoms with E-state index in [0.717, 1.165) is 0 Å². The van der Waals surface area contributed by atoms with Gasteiger partial charge in [-0.25, -0.2) is 9.59 Å². The lowest BCUT2D eigenvalue weighted by molar-refractivity contribution is -0.180. The van der Waals surface area contributed by atoms with E-state index in [4.69, 9.17) is 9.47 Å². The second kappa shape index (κ2) is 7.27. The van der Waals surface area contributed by atoms with Crippen LogP contribution >= 0.6 is 0 Å². The van der Waals surface area contributed by atoms with Gasteiger partial charge in [0.2, 0.25) is 5.79 Å². The smallest absolute Gasteiger partial charge is 0.417 e. The van der Waals surface area contributed by atoms with Gasteiger partial charge in [-0.15, -0.1) is 0 Å². The summed E-state index contributed by atoms with van der Waals surface area (Å²) in [6.07, 6.45) is -3.40. The van der Waals surface area contributed by atoms with Crippen LogP contribution in [0.2, 0.25) is 0 Å². The third-order valence-corrected chi connectivity index (χ3v) is 5.47. The fraction of sp³-hybridized carbons (Fsp3) is 0.591. The topological polar surface area (TPSA) is 113 Å². The van der Waals surface area contributed by atoms with Crippen LogP contribution in [0.3, 0.4) is 0 Å². The van der Waals surface area contributed by atoms with E-state index in [1.165, 1.54) is 6.07 Å². The third-order valence-electron chi connectivity index (χ3n) is 5.47. The second-order valence-corrected chi connectivity index (χ2v) is 10.1. The number of carboxylic acid groups (broad SMARTS) is 2. The van der Waals surface area contributed by atoms with Crippen molar-refractivity contribution in [2.75, 3.05) is 0 Å². The van der Waals surface area contributed by atoms with Crippen molar-refractivity contribution in [2.24, 2.45) is 10.8 Å². The number of imide groups is 1. The molecule has 0 unspecified atom stereocenters. The molecule has 166 valence electrons. The van der Waals surface area contributed by atoms with Crippen molar-refractivity contribution >= 4 is 18.0 Å². The number of ether oxygens (including phenoxy) is 2. The maximum atomic E-state index is 14.0. The van der Waals surface area contributed by atoms with Crippen molar-refractivity contribution in [1.29, 1.82) is 0 Å². The van der Waals surface area contributed by atoms with E-state index in [1.807, 2.05) is 0 Å². The van der Waals surface area contributed by atoms with Crippen molar-refractivity contribution in [3.63, 3.8) is 0 Å². The van der Waals surface area contributed by atoms with Crippen molar-refractivity contribution in [2.45, 2.75) is 73.3 Å². The molecule has 0 saturated heterocycles. The highest BCUT2D eigenvalue weighted by molar-refractivity contribution is 6.09. The number of carbonyl (C=O) groups is 3. The Morgan fingerprint density at radius 2 is 1.47 bits per heavy atom. The predicted octanol–water partition coefficient (Wildman–Crippen LogP) is 5.00. The molecule has 1 heterocycles. The minimum absolute atomic E-state index is 0.193. The van der Waals surface area contributed by atoms with Crippen molar-refractivity contribution in [1.82, 2.24) is 4.90 Å². The maximum Gasteiger partial charge on any atom is 0.417 e. The Morgan fingerprint density at radius 3 is 1.90 bits per heavy atom. The summed E-state index contributed by atoms with van der Waals surface area (Å²) in [4.78, 5) is 38.4. The van der Waals surface area contributed by atoms with E-state index in [2.05, 4.69) is 0 Å². The molecule has 2 N–H and O–H groups in total. The summed E-state index contributed by atoms with van der Waals surface area (Å²) in [5, 5.41) is 19.6. The largest absolute Gasteiger partial charge is 0.464 e. The van der Waals surface area contributed by atoms with E-state index in [1.54, 1.807) is 67.5 Å². The van der Waals surface area contributed by atoms with Crippen LogP contribution in [0.5, 0.6) is 5.75 Å². The number of carbonyl (C=O) groups excluding carboxylic acids is 1. The molecule has 0 bridgehead atoms. The lowest BCUT2D eigenvalue weighted by atomic mass is 9.56. The Bertz CT molecular complexity index is 846. The first-order valence-electron chi connectivity index (χ1n) is 9.72. The molecule has 1 aliphatic heterocycles. The van der Waals surface area contributed by atoms with Crippen molar-refractivity contribution < 1.29 is 34.1 Å². The van der Waals surface area contributed by atoms with E-state index in [9.17, 15) is 24.6 Å². The minimum Gasteiger partial charge on any atom is -0.464 e. The molecule has 2 amide bonds. The van der Waals surface area contributed by atoms with Crippen LogP contribution in [0, 0.1) is 10.8 Å². The Morgan fingerprint density at radius 1 is 0.967 bits per heavy atom. The summed E-state index contributed by atoms with van der Waals surface area (Å²) < 4.78 is 11.4. The second-order valence-electron chi connectivity index (χ2n) is 10.1. The molecule has 0 spiro atoms. The zero-order valence-electron chi connectivity index (χ0n) is 18.8. The molecular weight excluding hydrogens is 390 g/mol. The zero-order chi connectivity index (χ0) is 23.3. The fourth-order valence-electron chi connectivity index (χ4n) is 4.64. The molecule has 1 aliphatic rings. The molecule has 8 nitrogen and oxygen atoms in total. The number of amides is 2. The Hall–Kier alpha value is -2.61. The monoisotopic (exact) mass is 421 g/mol. The minimum atomic E-state index is -1.90. The Labute approximate surface area is 176 Å². The highest BCUT2D eigenvalue weighted by atomic mass is 16.7. The van der Waals surface area contributed by atoms with Gasteiger partial charge in [0.1, 0.15) is 11.3 Å². The summed E-state index contributed by atoms with van der Waals surface area (Å²) in [7, 11) is 0. The van der Waals surface area contributed by atoms with Crippen molar-refractivity contribution in [3.05, 3.63) is 29.3 Å². The van der Waals surface area contributed by atoms with Crippen molar-refractivity contribution in [3.8, 4) is 5.75 Å².